The topological polar surface area (TPSA) is 64.6 Å². The second-order valence-corrected chi connectivity index (χ2v) is 8.00. The predicted molar refractivity (Wildman–Crippen MR) is 90.1 cm³/mol. The minimum atomic E-state index is -0.483. The van der Waals surface area contributed by atoms with Crippen LogP contribution in [0.3, 0.4) is 0 Å². The van der Waals surface area contributed by atoms with Crippen molar-refractivity contribution in [3.63, 3.8) is 0 Å². The summed E-state index contributed by atoms with van der Waals surface area (Å²) in [4.78, 5) is 22.6. The van der Waals surface area contributed by atoms with Crippen molar-refractivity contribution in [3.05, 3.63) is 17.5 Å². The SMILES string of the molecule is C[C@H]1[C@H](Oc2cncc(Cl)n2)C[C@H]2CC[C@@H]1N2C(=O)OC(C)(C)C. The molecule has 1 aromatic heterocycles. The van der Waals surface area contributed by atoms with Gasteiger partial charge in [0.1, 0.15) is 11.7 Å². The number of rotatable bonds is 2. The zero-order valence-electron chi connectivity index (χ0n) is 14.5. The Balaban J connectivity index is 1.71. The average molecular weight is 354 g/mol. The number of ether oxygens (including phenoxy) is 2. The lowest BCUT2D eigenvalue weighted by molar-refractivity contribution is -0.0273. The number of hydrogen-bond acceptors (Lipinski definition) is 5. The molecule has 1 amide bonds. The molecular weight excluding hydrogens is 330 g/mol. The van der Waals surface area contributed by atoms with E-state index in [1.807, 2.05) is 25.7 Å². The van der Waals surface area contributed by atoms with Crippen LogP contribution >= 0.6 is 11.6 Å². The minimum Gasteiger partial charge on any atom is -0.473 e. The summed E-state index contributed by atoms with van der Waals surface area (Å²) in [6.07, 6.45) is 5.55. The third-order valence-corrected chi connectivity index (χ3v) is 4.89. The highest BCUT2D eigenvalue weighted by Crippen LogP contribution is 2.41. The van der Waals surface area contributed by atoms with Gasteiger partial charge in [-0.3, -0.25) is 4.98 Å². The van der Waals surface area contributed by atoms with Gasteiger partial charge in [0.15, 0.2) is 5.15 Å². The summed E-state index contributed by atoms with van der Waals surface area (Å²) in [5.41, 5.74) is -0.483. The van der Waals surface area contributed by atoms with Crippen molar-refractivity contribution < 1.29 is 14.3 Å². The molecule has 7 heteroatoms. The molecule has 0 aromatic carbocycles. The van der Waals surface area contributed by atoms with Gasteiger partial charge in [0.05, 0.1) is 12.4 Å². The van der Waals surface area contributed by atoms with E-state index in [0.29, 0.717) is 11.0 Å². The molecule has 6 nitrogen and oxygen atoms in total. The maximum absolute atomic E-state index is 12.6. The van der Waals surface area contributed by atoms with Gasteiger partial charge in [-0.25, -0.2) is 4.79 Å². The fourth-order valence-electron chi connectivity index (χ4n) is 3.68. The average Bonchev–Trinajstić information content (AvgIpc) is 2.81. The first-order valence-corrected chi connectivity index (χ1v) is 8.78. The van der Waals surface area contributed by atoms with Crippen molar-refractivity contribution in [1.82, 2.24) is 14.9 Å². The second-order valence-electron chi connectivity index (χ2n) is 7.62. The van der Waals surface area contributed by atoms with Crippen LogP contribution in [0, 0.1) is 5.92 Å². The highest BCUT2D eigenvalue weighted by atomic mass is 35.5. The summed E-state index contributed by atoms with van der Waals surface area (Å²) < 4.78 is 11.6. The van der Waals surface area contributed by atoms with E-state index in [0.717, 1.165) is 19.3 Å². The van der Waals surface area contributed by atoms with Gasteiger partial charge in [-0.15, -0.1) is 0 Å². The molecule has 2 fully saturated rings. The van der Waals surface area contributed by atoms with Crippen LogP contribution in [0.4, 0.5) is 4.79 Å². The van der Waals surface area contributed by atoms with Crippen LogP contribution in [-0.4, -0.2) is 44.7 Å². The number of fused-ring (bicyclic) bond motifs is 2. The van der Waals surface area contributed by atoms with Gasteiger partial charge in [0.2, 0.25) is 5.88 Å². The Morgan fingerprint density at radius 2 is 2.08 bits per heavy atom. The number of amides is 1. The molecule has 0 unspecified atom stereocenters. The van der Waals surface area contributed by atoms with Crippen molar-refractivity contribution in [1.29, 1.82) is 0 Å². The number of hydrogen-bond donors (Lipinski definition) is 0. The fourth-order valence-corrected chi connectivity index (χ4v) is 3.82. The van der Waals surface area contributed by atoms with Gasteiger partial charge in [-0.05, 0) is 33.6 Å². The molecule has 3 rings (SSSR count). The molecular formula is C17H24ClN3O3. The van der Waals surface area contributed by atoms with E-state index in [4.69, 9.17) is 21.1 Å². The smallest absolute Gasteiger partial charge is 0.410 e. The summed E-state index contributed by atoms with van der Waals surface area (Å²) in [6.45, 7) is 7.80. The highest BCUT2D eigenvalue weighted by Gasteiger charge is 2.49. The molecule has 3 heterocycles. The molecule has 2 bridgehead atoms. The molecule has 24 heavy (non-hydrogen) atoms. The Labute approximate surface area is 147 Å². The molecule has 132 valence electrons. The molecule has 2 aliphatic rings. The molecule has 1 aromatic rings. The lowest BCUT2D eigenvalue weighted by Crippen LogP contribution is -2.55. The van der Waals surface area contributed by atoms with E-state index in [9.17, 15) is 4.79 Å². The van der Waals surface area contributed by atoms with E-state index in [1.165, 1.54) is 6.20 Å². The maximum Gasteiger partial charge on any atom is 0.410 e. The number of piperidine rings is 1. The van der Waals surface area contributed by atoms with Gasteiger partial charge < -0.3 is 14.4 Å². The maximum atomic E-state index is 12.6. The summed E-state index contributed by atoms with van der Waals surface area (Å²) in [5.74, 6) is 0.626. The van der Waals surface area contributed by atoms with Gasteiger partial charge >= 0.3 is 6.09 Å². The van der Waals surface area contributed by atoms with Crippen molar-refractivity contribution in [2.24, 2.45) is 5.92 Å². The lowest BCUT2D eigenvalue weighted by atomic mass is 9.89. The Morgan fingerprint density at radius 1 is 1.33 bits per heavy atom. The number of aromatic nitrogens is 2. The van der Waals surface area contributed by atoms with E-state index < -0.39 is 5.60 Å². The van der Waals surface area contributed by atoms with Crippen LogP contribution in [0.5, 0.6) is 5.88 Å². The number of carbonyl (C=O) groups is 1. The molecule has 0 aliphatic carbocycles. The number of carbonyl (C=O) groups excluding carboxylic acids is 1. The first kappa shape index (κ1) is 17.3. The standard InChI is InChI=1S/C17H24ClN3O3/c1-10-12-6-5-11(21(12)16(22)24-17(2,3)4)7-13(10)23-15-9-19-8-14(18)20-15/h8-13H,5-7H2,1-4H3/t10-,11-,12+,13-/m1/s1. The van der Waals surface area contributed by atoms with E-state index >= 15 is 0 Å². The first-order chi connectivity index (χ1) is 11.2. The Hall–Kier alpha value is -1.56. The monoisotopic (exact) mass is 353 g/mol. The van der Waals surface area contributed by atoms with Gasteiger partial charge in [0.25, 0.3) is 0 Å². The van der Waals surface area contributed by atoms with E-state index in [2.05, 4.69) is 16.9 Å². The van der Waals surface area contributed by atoms with Gasteiger partial charge in [-0.1, -0.05) is 18.5 Å². The number of halogens is 1. The van der Waals surface area contributed by atoms with Gasteiger partial charge in [0, 0.05) is 24.4 Å². The fraction of sp³-hybridized carbons (Fsp3) is 0.706. The minimum absolute atomic E-state index is 0.00560. The lowest BCUT2D eigenvalue weighted by Gasteiger charge is -2.43. The Morgan fingerprint density at radius 3 is 2.75 bits per heavy atom. The zero-order chi connectivity index (χ0) is 17.5. The third-order valence-electron chi connectivity index (χ3n) is 4.70. The molecule has 0 spiro atoms. The molecule has 2 saturated heterocycles. The van der Waals surface area contributed by atoms with E-state index in [1.54, 1.807) is 6.20 Å². The molecule has 4 atom stereocenters. The normalized spacial score (nSPS) is 29.5. The van der Waals surface area contributed by atoms with Gasteiger partial charge in [-0.2, -0.15) is 4.98 Å². The van der Waals surface area contributed by atoms with Crippen LogP contribution in [0.1, 0.15) is 47.0 Å². The van der Waals surface area contributed by atoms with Crippen molar-refractivity contribution in [2.75, 3.05) is 0 Å². The van der Waals surface area contributed by atoms with Crippen LogP contribution < -0.4 is 4.74 Å². The summed E-state index contributed by atoms with van der Waals surface area (Å²) in [5, 5.41) is 0.314. The molecule has 2 aliphatic heterocycles. The quantitative estimate of drug-likeness (QED) is 0.811. The number of nitrogens with zero attached hydrogens (tertiary/aromatic N) is 3. The van der Waals surface area contributed by atoms with Crippen LogP contribution in [0.15, 0.2) is 12.4 Å². The summed E-state index contributed by atoms with van der Waals surface area (Å²) in [7, 11) is 0. The van der Waals surface area contributed by atoms with E-state index in [-0.39, 0.29) is 30.2 Å². The zero-order valence-corrected chi connectivity index (χ0v) is 15.3. The van der Waals surface area contributed by atoms with Crippen LogP contribution in [-0.2, 0) is 4.74 Å². The predicted octanol–water partition coefficient (Wildman–Crippen LogP) is 3.69. The van der Waals surface area contributed by atoms with Crippen molar-refractivity contribution in [2.45, 2.75) is 70.7 Å². The van der Waals surface area contributed by atoms with Crippen molar-refractivity contribution in [3.8, 4) is 5.88 Å². The Bertz CT molecular complexity index is 619. The molecule has 0 N–H and O–H groups in total. The summed E-state index contributed by atoms with van der Waals surface area (Å²) >= 11 is 5.87. The van der Waals surface area contributed by atoms with Crippen LogP contribution in [0.25, 0.3) is 0 Å². The second kappa shape index (κ2) is 6.39. The van der Waals surface area contributed by atoms with Crippen molar-refractivity contribution >= 4 is 17.7 Å². The Kier molecular flexibility index (Phi) is 4.60. The summed E-state index contributed by atoms with van der Waals surface area (Å²) in [6, 6.07) is 0.286. The third kappa shape index (κ3) is 3.58. The largest absolute Gasteiger partial charge is 0.473 e. The van der Waals surface area contributed by atoms with Crippen LogP contribution in [0.2, 0.25) is 5.15 Å². The first-order valence-electron chi connectivity index (χ1n) is 8.40. The molecule has 0 saturated carbocycles. The molecule has 0 radical (unpaired) electrons. The highest BCUT2D eigenvalue weighted by molar-refractivity contribution is 6.29.